The Balaban J connectivity index is 1.33. The van der Waals surface area contributed by atoms with E-state index in [1.54, 1.807) is 6.07 Å². The maximum absolute atomic E-state index is 11.4. The van der Waals surface area contributed by atoms with Gasteiger partial charge in [-0.2, -0.15) is 5.26 Å². The molecule has 6 aromatic rings. The van der Waals surface area contributed by atoms with E-state index in [-0.39, 0.29) is 11.0 Å². The third-order valence-electron chi connectivity index (χ3n) is 9.36. The zero-order valence-electron chi connectivity index (χ0n) is 25.7. The molecule has 0 unspecified atom stereocenters. The molecule has 0 atom stereocenters. The second-order valence-electron chi connectivity index (χ2n) is 11.7. The van der Waals surface area contributed by atoms with Crippen LogP contribution < -0.4 is 4.90 Å². The van der Waals surface area contributed by atoms with Crippen LogP contribution in [-0.2, 0) is 10.2 Å². The molecule has 4 nitrogen and oxygen atoms in total. The van der Waals surface area contributed by atoms with Gasteiger partial charge in [0.1, 0.15) is 11.6 Å². The van der Waals surface area contributed by atoms with Gasteiger partial charge < -0.3 is 10.0 Å². The van der Waals surface area contributed by atoms with Crippen molar-refractivity contribution in [3.63, 3.8) is 0 Å². The van der Waals surface area contributed by atoms with Crippen molar-refractivity contribution in [3.8, 4) is 27.6 Å². The molecule has 5 aromatic carbocycles. The second-order valence-corrected chi connectivity index (χ2v) is 12.8. The van der Waals surface area contributed by atoms with Crippen LogP contribution in [0.5, 0.6) is 0 Å². The number of nitrogens with zero attached hydrogens (tertiary/aromatic N) is 2. The molecule has 1 N–H and O–H groups in total. The third kappa shape index (κ3) is 4.88. The lowest BCUT2D eigenvalue weighted by molar-refractivity contribution is -0.132. The highest BCUT2D eigenvalue weighted by Gasteiger charge is 2.41. The molecule has 0 fully saturated rings. The van der Waals surface area contributed by atoms with Crippen molar-refractivity contribution in [3.05, 3.63) is 143 Å². The van der Waals surface area contributed by atoms with Crippen LogP contribution in [0.2, 0.25) is 0 Å². The van der Waals surface area contributed by atoms with E-state index >= 15 is 0 Å². The van der Waals surface area contributed by atoms with E-state index in [0.29, 0.717) is 0 Å². The molecule has 0 amide bonds. The number of benzene rings is 5. The van der Waals surface area contributed by atoms with Crippen molar-refractivity contribution in [1.82, 2.24) is 0 Å². The minimum Gasteiger partial charge on any atom is -0.477 e. The van der Waals surface area contributed by atoms with Crippen LogP contribution in [-0.4, -0.2) is 11.1 Å². The standard InChI is InChI=1S/C41H32N2O2S/c1-3-41(4-2)37-24-29(39-21-18-34(46-39)23-30(26-42)40(44)45)15-19-35(37)36-20-17-33(25-38(36)41)43(31-12-6-5-7-13-31)32-16-14-27-10-8-9-11-28(27)22-32/h5-25H,3-4H2,1-2H3,(H,44,45)/b30-23+. The quantitative estimate of drug-likeness (QED) is 0.136. The molecular formula is C41H32N2O2S. The lowest BCUT2D eigenvalue weighted by Gasteiger charge is -2.32. The summed E-state index contributed by atoms with van der Waals surface area (Å²) in [5, 5.41) is 20.9. The van der Waals surface area contributed by atoms with Gasteiger partial charge in [-0.25, -0.2) is 4.79 Å². The van der Waals surface area contributed by atoms with Crippen LogP contribution in [0.15, 0.2) is 127 Å². The summed E-state index contributed by atoms with van der Waals surface area (Å²) < 4.78 is 0. The molecule has 46 heavy (non-hydrogen) atoms. The zero-order valence-corrected chi connectivity index (χ0v) is 26.5. The number of carbonyl (C=O) groups is 1. The summed E-state index contributed by atoms with van der Waals surface area (Å²) in [5.74, 6) is -1.21. The summed E-state index contributed by atoms with van der Waals surface area (Å²) in [5.41, 5.74) is 9.24. The number of carboxylic acids is 1. The number of para-hydroxylation sites is 1. The number of thiophene rings is 1. The van der Waals surface area contributed by atoms with Gasteiger partial charge >= 0.3 is 5.97 Å². The second kappa shape index (κ2) is 11.8. The van der Waals surface area contributed by atoms with E-state index in [4.69, 9.17) is 0 Å². The van der Waals surface area contributed by atoms with Crippen LogP contribution in [0.25, 0.3) is 38.4 Å². The van der Waals surface area contributed by atoms with Crippen molar-refractivity contribution >= 4 is 51.2 Å². The molecule has 0 bridgehead atoms. The number of carboxylic acid groups (broad SMARTS) is 1. The van der Waals surface area contributed by atoms with Crippen LogP contribution in [0.3, 0.4) is 0 Å². The Morgan fingerprint density at radius 3 is 2.13 bits per heavy atom. The van der Waals surface area contributed by atoms with Crippen molar-refractivity contribution in [2.75, 3.05) is 4.90 Å². The molecule has 5 heteroatoms. The fourth-order valence-corrected chi connectivity index (χ4v) is 7.94. The van der Waals surface area contributed by atoms with Crippen molar-refractivity contribution < 1.29 is 9.90 Å². The van der Waals surface area contributed by atoms with Crippen molar-refractivity contribution in [2.45, 2.75) is 32.1 Å². The summed E-state index contributed by atoms with van der Waals surface area (Å²) in [7, 11) is 0. The molecule has 1 aliphatic carbocycles. The average molecular weight is 617 g/mol. The van der Waals surface area contributed by atoms with Gasteiger partial charge in [0.05, 0.1) is 0 Å². The van der Waals surface area contributed by atoms with E-state index < -0.39 is 5.97 Å². The van der Waals surface area contributed by atoms with E-state index in [9.17, 15) is 15.2 Å². The lowest BCUT2D eigenvalue weighted by Crippen LogP contribution is -2.23. The molecule has 0 aliphatic heterocycles. The van der Waals surface area contributed by atoms with Gasteiger partial charge in [-0.05, 0) is 112 Å². The Bertz CT molecular complexity index is 2180. The molecule has 7 rings (SSSR count). The Hall–Kier alpha value is -5.44. The lowest BCUT2D eigenvalue weighted by atomic mass is 9.73. The fourth-order valence-electron chi connectivity index (χ4n) is 7.00. The summed E-state index contributed by atoms with van der Waals surface area (Å²) in [6, 6.07) is 45.0. The van der Waals surface area contributed by atoms with Crippen LogP contribution >= 0.6 is 11.3 Å². The maximum Gasteiger partial charge on any atom is 0.346 e. The number of rotatable bonds is 8. The number of nitriles is 1. The minimum atomic E-state index is -1.21. The number of anilines is 3. The molecule has 1 aliphatic rings. The van der Waals surface area contributed by atoms with Crippen LogP contribution in [0.1, 0.15) is 42.7 Å². The Morgan fingerprint density at radius 1 is 0.761 bits per heavy atom. The summed E-state index contributed by atoms with van der Waals surface area (Å²) in [6.45, 7) is 4.56. The third-order valence-corrected chi connectivity index (χ3v) is 10.4. The van der Waals surface area contributed by atoms with Gasteiger partial charge in [0, 0.05) is 32.2 Å². The molecule has 0 saturated carbocycles. The van der Waals surface area contributed by atoms with Crippen LogP contribution in [0, 0.1) is 11.3 Å². The molecule has 0 radical (unpaired) electrons. The van der Waals surface area contributed by atoms with Crippen molar-refractivity contribution in [1.29, 1.82) is 5.26 Å². The molecule has 0 spiro atoms. The molecule has 1 aromatic heterocycles. The Labute approximate surface area is 273 Å². The highest BCUT2D eigenvalue weighted by atomic mass is 32.1. The largest absolute Gasteiger partial charge is 0.477 e. The molecule has 224 valence electrons. The number of hydrogen-bond acceptors (Lipinski definition) is 4. The first-order valence-corrected chi connectivity index (χ1v) is 16.4. The number of hydrogen-bond donors (Lipinski definition) is 1. The summed E-state index contributed by atoms with van der Waals surface area (Å²) in [4.78, 5) is 15.5. The van der Waals surface area contributed by atoms with E-state index in [0.717, 1.165) is 45.2 Å². The van der Waals surface area contributed by atoms with Crippen LogP contribution in [0.4, 0.5) is 17.1 Å². The van der Waals surface area contributed by atoms with Gasteiger partial charge in [-0.1, -0.05) is 80.6 Å². The normalized spacial score (nSPS) is 13.2. The minimum absolute atomic E-state index is 0.153. The first kappa shape index (κ1) is 29.3. The molecule has 1 heterocycles. The average Bonchev–Trinajstić information content (AvgIpc) is 3.68. The Morgan fingerprint density at radius 2 is 1.41 bits per heavy atom. The predicted octanol–water partition coefficient (Wildman–Crippen LogP) is 11.1. The number of aliphatic carboxylic acids is 1. The van der Waals surface area contributed by atoms with Gasteiger partial charge in [-0.3, -0.25) is 0 Å². The topological polar surface area (TPSA) is 64.3 Å². The van der Waals surface area contributed by atoms with Gasteiger partial charge in [0.15, 0.2) is 0 Å². The highest BCUT2D eigenvalue weighted by Crippen LogP contribution is 2.55. The van der Waals surface area contributed by atoms with Crippen molar-refractivity contribution in [2.24, 2.45) is 0 Å². The predicted molar refractivity (Wildman–Crippen MR) is 190 cm³/mol. The van der Waals surface area contributed by atoms with Gasteiger partial charge in [0.25, 0.3) is 0 Å². The zero-order chi connectivity index (χ0) is 31.8. The van der Waals surface area contributed by atoms with E-state index in [1.165, 1.54) is 50.4 Å². The molecular weight excluding hydrogens is 585 g/mol. The fraction of sp³-hybridized carbons (Fsp3) is 0.122. The first-order chi connectivity index (χ1) is 22.5. The summed E-state index contributed by atoms with van der Waals surface area (Å²) >= 11 is 1.50. The maximum atomic E-state index is 11.4. The highest BCUT2D eigenvalue weighted by molar-refractivity contribution is 7.16. The summed E-state index contributed by atoms with van der Waals surface area (Å²) in [6.07, 6.45) is 3.36. The van der Waals surface area contributed by atoms with Gasteiger partial charge in [-0.15, -0.1) is 11.3 Å². The van der Waals surface area contributed by atoms with E-state index in [1.807, 2.05) is 12.1 Å². The molecule has 0 saturated heterocycles. The SMILES string of the molecule is CCC1(CC)c2cc(-c3ccc(/C=C(\C#N)C(=O)O)s3)ccc2-c2ccc(N(c3ccccc3)c3ccc4ccccc4c3)cc21. The first-order valence-electron chi connectivity index (χ1n) is 15.5. The smallest absolute Gasteiger partial charge is 0.346 e. The monoisotopic (exact) mass is 616 g/mol. The number of fused-ring (bicyclic) bond motifs is 4. The van der Waals surface area contributed by atoms with Gasteiger partial charge in [0.2, 0.25) is 0 Å². The Kier molecular flexibility index (Phi) is 7.52. The van der Waals surface area contributed by atoms with E-state index in [2.05, 4.69) is 128 Å².